The quantitative estimate of drug-likeness (QED) is 0.394. The average molecular weight is 433 g/mol. The summed E-state index contributed by atoms with van der Waals surface area (Å²) in [4.78, 5) is 26.5. The highest BCUT2D eigenvalue weighted by Gasteiger charge is 2.49. The van der Waals surface area contributed by atoms with Gasteiger partial charge >= 0.3 is 6.09 Å². The number of rotatable bonds is 11. The van der Waals surface area contributed by atoms with Gasteiger partial charge in [-0.1, -0.05) is 6.42 Å². The van der Waals surface area contributed by atoms with E-state index >= 15 is 0 Å². The number of carbonyl (C=O) groups excluding carboxylic acids is 2. The van der Waals surface area contributed by atoms with Crippen LogP contribution in [0, 0.1) is 29.6 Å². The van der Waals surface area contributed by atoms with E-state index in [4.69, 9.17) is 9.47 Å². The van der Waals surface area contributed by atoms with E-state index in [1.807, 2.05) is 18.7 Å². The van der Waals surface area contributed by atoms with Gasteiger partial charge < -0.3 is 19.7 Å². The first-order valence-corrected chi connectivity index (χ1v) is 12.3. The van der Waals surface area contributed by atoms with E-state index in [0.29, 0.717) is 43.9 Å². The summed E-state index contributed by atoms with van der Waals surface area (Å²) in [5, 5.41) is 2.85. The summed E-state index contributed by atoms with van der Waals surface area (Å²) < 4.78 is 11.2. The molecule has 2 fully saturated rings. The van der Waals surface area contributed by atoms with Crippen molar-refractivity contribution in [3.8, 4) is 11.8 Å². The number of alkyl carbamates (subject to hydrolysis) is 1. The van der Waals surface area contributed by atoms with Gasteiger partial charge in [0.2, 0.25) is 5.91 Å². The zero-order valence-electron chi connectivity index (χ0n) is 19.4. The first-order valence-electron chi connectivity index (χ1n) is 12.3. The molecule has 0 radical (unpaired) electrons. The van der Waals surface area contributed by atoms with Gasteiger partial charge in [0.05, 0.1) is 25.4 Å². The van der Waals surface area contributed by atoms with Crippen LogP contribution in [0.3, 0.4) is 0 Å². The summed E-state index contributed by atoms with van der Waals surface area (Å²) in [6.07, 6.45) is 9.50. The van der Waals surface area contributed by atoms with E-state index in [9.17, 15) is 9.59 Å². The molecule has 174 valence electrons. The number of fused-ring (bicyclic) bond motifs is 1. The number of unbranched alkanes of at least 4 members (excludes halogenated alkanes) is 2. The standard InChI is InChI=1S/C25H40N2O4/c1-19(2)30-17-20-11-10-16-27(20)24(28)14-8-5-9-15-26-25(29)31-18-23-21-12-6-3-4-7-13-22(21)23/h19-23H,5-18H2,1-2H3,(H,26,29)/t20-,21-,22+,23?/m0/s1. The predicted octanol–water partition coefficient (Wildman–Crippen LogP) is 4.13. The molecule has 0 aromatic heterocycles. The van der Waals surface area contributed by atoms with Crippen molar-refractivity contribution < 1.29 is 19.1 Å². The molecule has 0 bridgehead atoms. The summed E-state index contributed by atoms with van der Waals surface area (Å²) in [5.41, 5.74) is 0. The third-order valence-electron chi connectivity index (χ3n) is 6.90. The fourth-order valence-electron chi connectivity index (χ4n) is 5.06. The lowest BCUT2D eigenvalue weighted by molar-refractivity contribution is -0.133. The molecule has 0 spiro atoms. The minimum absolute atomic E-state index is 0.203. The lowest BCUT2D eigenvalue weighted by atomic mass is 10.1. The van der Waals surface area contributed by atoms with Crippen molar-refractivity contribution in [3.63, 3.8) is 0 Å². The maximum atomic E-state index is 12.5. The van der Waals surface area contributed by atoms with Crippen LogP contribution in [0.5, 0.6) is 0 Å². The van der Waals surface area contributed by atoms with Gasteiger partial charge in [0.1, 0.15) is 0 Å². The first kappa shape index (κ1) is 23.9. The molecule has 3 aliphatic rings. The maximum Gasteiger partial charge on any atom is 0.407 e. The van der Waals surface area contributed by atoms with Gasteiger partial charge in [-0.3, -0.25) is 4.79 Å². The van der Waals surface area contributed by atoms with Gasteiger partial charge in [-0.25, -0.2) is 4.79 Å². The Morgan fingerprint density at radius 1 is 1.03 bits per heavy atom. The van der Waals surface area contributed by atoms with Crippen LogP contribution in [0.15, 0.2) is 0 Å². The second-order valence-electron chi connectivity index (χ2n) is 9.52. The molecule has 6 nitrogen and oxygen atoms in total. The van der Waals surface area contributed by atoms with Crippen LogP contribution in [0.4, 0.5) is 4.79 Å². The van der Waals surface area contributed by atoms with Gasteiger partial charge in [0.25, 0.3) is 0 Å². The molecule has 4 atom stereocenters. The molecule has 1 aliphatic heterocycles. The fourth-order valence-corrected chi connectivity index (χ4v) is 5.06. The van der Waals surface area contributed by atoms with Crippen molar-refractivity contribution in [3.05, 3.63) is 0 Å². The highest BCUT2D eigenvalue weighted by molar-refractivity contribution is 5.76. The van der Waals surface area contributed by atoms with E-state index < -0.39 is 0 Å². The molecule has 1 heterocycles. The van der Waals surface area contributed by atoms with Crippen molar-refractivity contribution in [2.24, 2.45) is 17.8 Å². The van der Waals surface area contributed by atoms with Crippen molar-refractivity contribution >= 4 is 12.0 Å². The first-order chi connectivity index (χ1) is 15.1. The number of hydrogen-bond donors (Lipinski definition) is 1. The molecule has 1 N–H and O–H groups in total. The summed E-state index contributed by atoms with van der Waals surface area (Å²) in [5.74, 6) is 8.59. The Bertz CT molecular complexity index is 636. The Balaban J connectivity index is 1.19. The second kappa shape index (κ2) is 12.3. The van der Waals surface area contributed by atoms with E-state index in [1.165, 1.54) is 0 Å². The molecule has 2 amide bonds. The summed E-state index contributed by atoms with van der Waals surface area (Å²) in [7, 11) is 0. The number of nitrogens with one attached hydrogen (secondary N) is 1. The van der Waals surface area contributed by atoms with E-state index in [2.05, 4.69) is 17.2 Å². The lowest BCUT2D eigenvalue weighted by Crippen LogP contribution is -2.38. The smallest absolute Gasteiger partial charge is 0.407 e. The molecule has 3 rings (SSSR count). The molecule has 1 unspecified atom stereocenters. The van der Waals surface area contributed by atoms with E-state index in [-0.39, 0.29) is 24.1 Å². The second-order valence-corrected chi connectivity index (χ2v) is 9.52. The number of carbonyl (C=O) groups is 2. The van der Waals surface area contributed by atoms with Crippen LogP contribution in [-0.2, 0) is 14.3 Å². The average Bonchev–Trinajstić information content (AvgIpc) is 3.14. The molecule has 1 saturated heterocycles. The molecule has 2 aliphatic carbocycles. The SMILES string of the molecule is CC(C)OC[C@@H]1CCCN1C(=O)CCCCCNC(=O)OCC1[C@H]2CCC#CCC[C@@H]12. The minimum atomic E-state index is -0.309. The van der Waals surface area contributed by atoms with Gasteiger partial charge in [-0.2, -0.15) is 0 Å². The molecule has 1 saturated carbocycles. The Kier molecular flexibility index (Phi) is 9.52. The van der Waals surface area contributed by atoms with Gasteiger partial charge in [0, 0.05) is 32.4 Å². The number of nitrogens with zero attached hydrogens (tertiary/aromatic N) is 1. The largest absolute Gasteiger partial charge is 0.449 e. The third kappa shape index (κ3) is 7.71. The Morgan fingerprint density at radius 2 is 1.77 bits per heavy atom. The topological polar surface area (TPSA) is 67.9 Å². The zero-order chi connectivity index (χ0) is 22.1. The van der Waals surface area contributed by atoms with Crippen LogP contribution < -0.4 is 5.32 Å². The molecular weight excluding hydrogens is 392 g/mol. The van der Waals surface area contributed by atoms with Crippen molar-refractivity contribution in [2.45, 2.75) is 90.2 Å². The monoisotopic (exact) mass is 432 g/mol. The molecule has 31 heavy (non-hydrogen) atoms. The number of ether oxygens (including phenoxy) is 2. The van der Waals surface area contributed by atoms with Crippen LogP contribution >= 0.6 is 0 Å². The van der Waals surface area contributed by atoms with Crippen LogP contribution in [0.25, 0.3) is 0 Å². The Hall–Kier alpha value is -1.74. The lowest BCUT2D eigenvalue weighted by Gasteiger charge is -2.25. The van der Waals surface area contributed by atoms with Crippen LogP contribution in [0.2, 0.25) is 0 Å². The van der Waals surface area contributed by atoms with Crippen LogP contribution in [-0.4, -0.2) is 55.3 Å². The third-order valence-corrected chi connectivity index (χ3v) is 6.90. The van der Waals surface area contributed by atoms with Crippen LogP contribution in [0.1, 0.15) is 78.1 Å². The van der Waals surface area contributed by atoms with Crippen molar-refractivity contribution in [1.82, 2.24) is 10.2 Å². The number of hydrogen-bond acceptors (Lipinski definition) is 4. The summed E-state index contributed by atoms with van der Waals surface area (Å²) in [6.45, 7) is 6.70. The fraction of sp³-hybridized carbons (Fsp3) is 0.840. The predicted molar refractivity (Wildman–Crippen MR) is 120 cm³/mol. The van der Waals surface area contributed by atoms with Gasteiger partial charge in [0.15, 0.2) is 0 Å². The van der Waals surface area contributed by atoms with Gasteiger partial charge in [-0.05, 0) is 70.1 Å². The molecule has 6 heteroatoms. The Labute approximate surface area is 187 Å². The summed E-state index contributed by atoms with van der Waals surface area (Å²) >= 11 is 0. The van der Waals surface area contributed by atoms with Gasteiger partial charge in [-0.15, -0.1) is 11.8 Å². The number of likely N-dealkylation sites (tertiary alicyclic amines) is 1. The van der Waals surface area contributed by atoms with E-state index in [0.717, 1.165) is 64.3 Å². The number of amides is 2. The summed E-state index contributed by atoms with van der Waals surface area (Å²) in [6, 6.07) is 0.239. The highest BCUT2D eigenvalue weighted by Crippen LogP contribution is 2.52. The zero-order valence-corrected chi connectivity index (χ0v) is 19.4. The minimum Gasteiger partial charge on any atom is -0.449 e. The normalized spacial score (nSPS) is 27.0. The Morgan fingerprint density at radius 3 is 2.48 bits per heavy atom. The molecule has 0 aromatic carbocycles. The van der Waals surface area contributed by atoms with E-state index in [1.54, 1.807) is 0 Å². The molecule has 0 aromatic rings. The maximum absolute atomic E-state index is 12.5. The highest BCUT2D eigenvalue weighted by atomic mass is 16.5. The molecular formula is C25H40N2O4. The van der Waals surface area contributed by atoms with Crippen molar-refractivity contribution in [1.29, 1.82) is 0 Å². The van der Waals surface area contributed by atoms with Crippen molar-refractivity contribution in [2.75, 3.05) is 26.3 Å².